The number of rotatable bonds is 6. The molecule has 0 bridgehead atoms. The third kappa shape index (κ3) is 4.65. The molecule has 0 heterocycles. The van der Waals surface area contributed by atoms with E-state index in [0.29, 0.717) is 13.2 Å². The van der Waals surface area contributed by atoms with Crippen molar-refractivity contribution in [3.63, 3.8) is 0 Å². The topological polar surface area (TPSA) is 64.3 Å². The molecule has 0 radical (unpaired) electrons. The second-order valence-corrected chi connectivity index (χ2v) is 3.49. The van der Waals surface area contributed by atoms with Gasteiger partial charge in [0, 0.05) is 0 Å². The molecule has 0 rings (SSSR count). The maximum absolute atomic E-state index is 11.2. The van der Waals surface area contributed by atoms with Crippen LogP contribution in [0.2, 0.25) is 0 Å². The molecule has 1 amide bonds. The fourth-order valence-corrected chi connectivity index (χ4v) is 0.755. The molecule has 0 fully saturated rings. The molecule has 76 valence electrons. The van der Waals surface area contributed by atoms with Crippen LogP contribution in [0.3, 0.4) is 0 Å². The van der Waals surface area contributed by atoms with Crippen LogP contribution in [-0.4, -0.2) is 19.1 Å². The number of carbonyl (C=O) groups is 1. The van der Waals surface area contributed by atoms with Gasteiger partial charge < -0.3 is 4.74 Å². The van der Waals surface area contributed by atoms with Crippen LogP contribution in [0.5, 0.6) is 0 Å². The Bertz CT molecular complexity index is 178. The Kier molecular flexibility index (Phi) is 5.34. The molecular formula is C9H18N2O2. The van der Waals surface area contributed by atoms with Gasteiger partial charge in [0.05, 0.1) is 18.6 Å². The maximum atomic E-state index is 11.2. The van der Waals surface area contributed by atoms with Crippen molar-refractivity contribution in [2.24, 2.45) is 11.3 Å². The van der Waals surface area contributed by atoms with Crippen LogP contribution in [0.1, 0.15) is 20.3 Å². The summed E-state index contributed by atoms with van der Waals surface area (Å²) in [6.45, 7) is 8.08. The molecule has 0 aliphatic heterocycles. The third-order valence-electron chi connectivity index (χ3n) is 1.67. The minimum absolute atomic E-state index is 0.217. The van der Waals surface area contributed by atoms with Gasteiger partial charge in [0.25, 0.3) is 0 Å². The predicted molar refractivity (Wildman–Crippen MR) is 51.7 cm³/mol. The van der Waals surface area contributed by atoms with E-state index in [4.69, 9.17) is 10.6 Å². The second-order valence-electron chi connectivity index (χ2n) is 3.49. The molecule has 3 N–H and O–H groups in total. The van der Waals surface area contributed by atoms with E-state index in [1.807, 2.05) is 0 Å². The van der Waals surface area contributed by atoms with Crippen LogP contribution >= 0.6 is 0 Å². The summed E-state index contributed by atoms with van der Waals surface area (Å²) in [5.74, 6) is 4.80. The minimum atomic E-state index is -0.573. The van der Waals surface area contributed by atoms with Gasteiger partial charge in [0.1, 0.15) is 0 Å². The van der Waals surface area contributed by atoms with E-state index in [0.717, 1.165) is 6.42 Å². The summed E-state index contributed by atoms with van der Waals surface area (Å²) >= 11 is 0. The van der Waals surface area contributed by atoms with Gasteiger partial charge in [-0.05, 0) is 20.3 Å². The van der Waals surface area contributed by atoms with E-state index in [1.54, 1.807) is 19.9 Å². The quantitative estimate of drug-likeness (QED) is 0.210. The molecule has 0 saturated carbocycles. The first-order chi connectivity index (χ1) is 6.04. The van der Waals surface area contributed by atoms with Crippen LogP contribution in [0, 0.1) is 5.41 Å². The lowest BCUT2D eigenvalue weighted by Crippen LogP contribution is -2.43. The molecule has 4 heteroatoms. The second kappa shape index (κ2) is 5.72. The summed E-state index contributed by atoms with van der Waals surface area (Å²) in [7, 11) is 0. The highest BCUT2D eigenvalue weighted by Crippen LogP contribution is 2.14. The van der Waals surface area contributed by atoms with Crippen molar-refractivity contribution in [1.82, 2.24) is 5.43 Å². The van der Waals surface area contributed by atoms with Crippen LogP contribution in [0.4, 0.5) is 0 Å². The first kappa shape index (κ1) is 12.1. The average molecular weight is 186 g/mol. The van der Waals surface area contributed by atoms with E-state index in [9.17, 15) is 4.79 Å². The number of nitrogens with one attached hydrogen (secondary N) is 1. The van der Waals surface area contributed by atoms with Gasteiger partial charge in [-0.25, -0.2) is 5.84 Å². The van der Waals surface area contributed by atoms with Gasteiger partial charge in [-0.3, -0.25) is 10.2 Å². The Morgan fingerprint density at radius 2 is 2.31 bits per heavy atom. The molecule has 4 nitrogen and oxygen atoms in total. The van der Waals surface area contributed by atoms with E-state index in [-0.39, 0.29) is 5.91 Å². The summed E-state index contributed by atoms with van der Waals surface area (Å²) < 4.78 is 5.27. The van der Waals surface area contributed by atoms with Crippen molar-refractivity contribution in [2.45, 2.75) is 20.3 Å². The molecule has 0 aromatic rings. The zero-order valence-electron chi connectivity index (χ0n) is 8.30. The molecule has 0 saturated heterocycles. The van der Waals surface area contributed by atoms with Crippen molar-refractivity contribution >= 4 is 5.91 Å². The van der Waals surface area contributed by atoms with Crippen LogP contribution in [0.25, 0.3) is 0 Å². The Morgan fingerprint density at radius 1 is 1.69 bits per heavy atom. The Labute approximate surface area is 79.1 Å². The summed E-state index contributed by atoms with van der Waals surface area (Å²) in [4.78, 5) is 11.2. The lowest BCUT2D eigenvalue weighted by molar-refractivity contribution is -0.132. The first-order valence-electron chi connectivity index (χ1n) is 4.24. The normalized spacial score (nSPS) is 11.0. The van der Waals surface area contributed by atoms with E-state index in [1.165, 1.54) is 0 Å². The van der Waals surface area contributed by atoms with E-state index in [2.05, 4.69) is 12.0 Å². The molecule has 0 atom stereocenters. The fourth-order valence-electron chi connectivity index (χ4n) is 0.755. The highest BCUT2D eigenvalue weighted by Gasteiger charge is 2.26. The SMILES string of the molecule is C=CCCOCC(C)(C)C(=O)NN. The molecule has 0 aliphatic rings. The van der Waals surface area contributed by atoms with Gasteiger partial charge >= 0.3 is 0 Å². The Hall–Kier alpha value is -0.870. The molecule has 0 aromatic heterocycles. The molecule has 0 spiro atoms. The van der Waals surface area contributed by atoms with Crippen molar-refractivity contribution in [3.8, 4) is 0 Å². The fraction of sp³-hybridized carbons (Fsp3) is 0.667. The largest absolute Gasteiger partial charge is 0.380 e. The number of hydrogen-bond donors (Lipinski definition) is 2. The predicted octanol–water partition coefficient (Wildman–Crippen LogP) is 0.595. The lowest BCUT2D eigenvalue weighted by atomic mass is 9.94. The summed E-state index contributed by atoms with van der Waals surface area (Å²) in [5, 5.41) is 0. The molecular weight excluding hydrogens is 168 g/mol. The number of nitrogens with two attached hydrogens (primary N) is 1. The van der Waals surface area contributed by atoms with Crippen molar-refractivity contribution in [3.05, 3.63) is 12.7 Å². The zero-order chi connectivity index (χ0) is 10.3. The van der Waals surface area contributed by atoms with Gasteiger partial charge in [-0.15, -0.1) is 6.58 Å². The van der Waals surface area contributed by atoms with Gasteiger partial charge in [-0.1, -0.05) is 6.08 Å². The third-order valence-corrected chi connectivity index (χ3v) is 1.67. The number of hydrogen-bond acceptors (Lipinski definition) is 3. The molecule has 0 aliphatic carbocycles. The highest BCUT2D eigenvalue weighted by molar-refractivity contribution is 5.81. The highest BCUT2D eigenvalue weighted by atomic mass is 16.5. The lowest BCUT2D eigenvalue weighted by Gasteiger charge is -2.21. The van der Waals surface area contributed by atoms with Crippen LogP contribution in [-0.2, 0) is 9.53 Å². The van der Waals surface area contributed by atoms with Crippen molar-refractivity contribution in [2.75, 3.05) is 13.2 Å². The van der Waals surface area contributed by atoms with Crippen molar-refractivity contribution in [1.29, 1.82) is 0 Å². The minimum Gasteiger partial charge on any atom is -0.380 e. The van der Waals surface area contributed by atoms with Crippen molar-refractivity contribution < 1.29 is 9.53 Å². The molecule has 0 aromatic carbocycles. The monoisotopic (exact) mass is 186 g/mol. The summed E-state index contributed by atoms with van der Waals surface area (Å²) in [6, 6.07) is 0. The zero-order valence-corrected chi connectivity index (χ0v) is 8.30. The maximum Gasteiger partial charge on any atom is 0.241 e. The number of carbonyl (C=O) groups excluding carboxylic acids is 1. The summed E-state index contributed by atoms with van der Waals surface area (Å²) in [6.07, 6.45) is 2.57. The smallest absolute Gasteiger partial charge is 0.241 e. The van der Waals surface area contributed by atoms with Gasteiger partial charge in [0.15, 0.2) is 0 Å². The Morgan fingerprint density at radius 3 is 2.77 bits per heavy atom. The first-order valence-corrected chi connectivity index (χ1v) is 4.24. The number of hydrazine groups is 1. The molecule has 0 unspecified atom stereocenters. The number of ether oxygens (including phenoxy) is 1. The number of amides is 1. The van der Waals surface area contributed by atoms with Gasteiger partial charge in [-0.2, -0.15) is 0 Å². The summed E-state index contributed by atoms with van der Waals surface area (Å²) in [5.41, 5.74) is 1.53. The Balaban J connectivity index is 3.75. The van der Waals surface area contributed by atoms with Crippen LogP contribution in [0.15, 0.2) is 12.7 Å². The van der Waals surface area contributed by atoms with Crippen LogP contribution < -0.4 is 11.3 Å². The average Bonchev–Trinajstić information content (AvgIpc) is 2.11. The van der Waals surface area contributed by atoms with E-state index >= 15 is 0 Å². The molecule has 13 heavy (non-hydrogen) atoms. The van der Waals surface area contributed by atoms with E-state index < -0.39 is 5.41 Å². The van der Waals surface area contributed by atoms with Gasteiger partial charge in [0.2, 0.25) is 5.91 Å². The standard InChI is InChI=1S/C9H18N2O2/c1-4-5-6-13-7-9(2,3)8(12)11-10/h4H,1,5-7,10H2,2-3H3,(H,11,12).